The third kappa shape index (κ3) is 12.1. The minimum atomic E-state index is -0.0323. The highest BCUT2D eigenvalue weighted by Crippen LogP contribution is 2.16. The topological polar surface area (TPSA) is 32.8 Å². The van der Waals surface area contributed by atoms with Crippen molar-refractivity contribution < 1.29 is 9.63 Å². The largest absolute Gasteiger partial charge is 0.301 e. The lowest BCUT2D eigenvalue weighted by molar-refractivity contribution is -0.126. The van der Waals surface area contributed by atoms with Gasteiger partial charge in [-0.3, -0.25) is 9.63 Å². The summed E-state index contributed by atoms with van der Waals surface area (Å²) in [5.74, 6) is -0.0323. The SMILES string of the molecule is CCCCCCCCCCCCCCON(C(=O)CN(C)C)c1ccccc1. The van der Waals surface area contributed by atoms with Crippen LogP contribution in [0.25, 0.3) is 0 Å². The van der Waals surface area contributed by atoms with E-state index in [0.29, 0.717) is 13.2 Å². The van der Waals surface area contributed by atoms with Gasteiger partial charge < -0.3 is 4.90 Å². The number of carbonyl (C=O) groups excluding carboxylic acids is 1. The normalized spacial score (nSPS) is 11.1. The van der Waals surface area contributed by atoms with Gasteiger partial charge in [-0.05, 0) is 32.6 Å². The number of carbonyl (C=O) groups is 1. The fourth-order valence-corrected chi connectivity index (χ4v) is 3.29. The van der Waals surface area contributed by atoms with Gasteiger partial charge in [-0.25, -0.2) is 0 Å². The molecule has 0 aliphatic rings. The average molecular weight is 391 g/mol. The van der Waals surface area contributed by atoms with Crippen LogP contribution in [0.1, 0.15) is 84.0 Å². The van der Waals surface area contributed by atoms with E-state index in [2.05, 4.69) is 6.92 Å². The Labute approximate surface area is 173 Å². The second-order valence-corrected chi connectivity index (χ2v) is 7.98. The first-order chi connectivity index (χ1) is 13.6. The number of unbranched alkanes of at least 4 members (excludes halogenated alkanes) is 11. The van der Waals surface area contributed by atoms with E-state index in [9.17, 15) is 4.79 Å². The van der Waals surface area contributed by atoms with Crippen molar-refractivity contribution in [2.24, 2.45) is 0 Å². The average Bonchev–Trinajstić information content (AvgIpc) is 2.68. The monoisotopic (exact) mass is 390 g/mol. The molecule has 0 N–H and O–H groups in total. The summed E-state index contributed by atoms with van der Waals surface area (Å²) in [6, 6.07) is 9.63. The van der Waals surface area contributed by atoms with Crippen LogP contribution in [0.3, 0.4) is 0 Å². The van der Waals surface area contributed by atoms with Crippen molar-refractivity contribution in [2.75, 3.05) is 32.3 Å². The molecule has 1 amide bonds. The third-order valence-electron chi connectivity index (χ3n) is 4.89. The zero-order chi connectivity index (χ0) is 20.5. The van der Waals surface area contributed by atoms with E-state index in [0.717, 1.165) is 12.1 Å². The van der Waals surface area contributed by atoms with Gasteiger partial charge in [-0.1, -0.05) is 95.8 Å². The molecule has 0 saturated heterocycles. The van der Waals surface area contributed by atoms with Gasteiger partial charge in [0.2, 0.25) is 0 Å². The summed E-state index contributed by atoms with van der Waals surface area (Å²) in [4.78, 5) is 20.2. The Morgan fingerprint density at radius 3 is 1.79 bits per heavy atom. The number of likely N-dealkylation sites (N-methyl/N-ethyl adjacent to an activating group) is 1. The van der Waals surface area contributed by atoms with Crippen molar-refractivity contribution in [1.82, 2.24) is 4.90 Å². The van der Waals surface area contributed by atoms with Gasteiger partial charge in [0.15, 0.2) is 0 Å². The molecule has 0 fully saturated rings. The van der Waals surface area contributed by atoms with E-state index in [1.807, 2.05) is 49.3 Å². The van der Waals surface area contributed by atoms with Gasteiger partial charge in [-0.2, -0.15) is 5.06 Å². The molecule has 0 radical (unpaired) electrons. The van der Waals surface area contributed by atoms with Gasteiger partial charge in [0.25, 0.3) is 5.91 Å². The van der Waals surface area contributed by atoms with Crippen LogP contribution in [0, 0.1) is 0 Å². The molecule has 0 saturated carbocycles. The number of hydrogen-bond donors (Lipinski definition) is 0. The Hall–Kier alpha value is -1.39. The predicted molar refractivity (Wildman–Crippen MR) is 120 cm³/mol. The predicted octanol–water partition coefficient (Wildman–Crippen LogP) is 6.21. The molecule has 4 nitrogen and oxygen atoms in total. The summed E-state index contributed by atoms with van der Waals surface area (Å²) in [6.07, 6.45) is 15.8. The van der Waals surface area contributed by atoms with E-state index in [-0.39, 0.29) is 5.91 Å². The molecule has 1 aromatic carbocycles. The molecule has 0 bridgehead atoms. The van der Waals surface area contributed by atoms with Gasteiger partial charge >= 0.3 is 0 Å². The van der Waals surface area contributed by atoms with Gasteiger partial charge in [0, 0.05) is 0 Å². The Bertz CT molecular complexity index is 491. The molecule has 28 heavy (non-hydrogen) atoms. The smallest absolute Gasteiger partial charge is 0.265 e. The van der Waals surface area contributed by atoms with Crippen molar-refractivity contribution in [2.45, 2.75) is 84.0 Å². The first-order valence-corrected chi connectivity index (χ1v) is 11.3. The maximum Gasteiger partial charge on any atom is 0.265 e. The lowest BCUT2D eigenvalue weighted by Gasteiger charge is -2.23. The number of benzene rings is 1. The van der Waals surface area contributed by atoms with Gasteiger partial charge in [0.05, 0.1) is 18.8 Å². The van der Waals surface area contributed by atoms with E-state index in [1.165, 1.54) is 75.7 Å². The molecule has 0 aliphatic carbocycles. The molecule has 0 aliphatic heterocycles. The Kier molecular flexibility index (Phi) is 14.6. The molecule has 0 aromatic heterocycles. The van der Waals surface area contributed by atoms with Crippen molar-refractivity contribution in [3.63, 3.8) is 0 Å². The fourth-order valence-electron chi connectivity index (χ4n) is 3.29. The zero-order valence-corrected chi connectivity index (χ0v) is 18.5. The quantitative estimate of drug-likeness (QED) is 0.234. The van der Waals surface area contributed by atoms with Crippen molar-refractivity contribution in [3.8, 4) is 0 Å². The summed E-state index contributed by atoms with van der Waals surface area (Å²) in [6.45, 7) is 3.20. The Balaban J connectivity index is 2.12. The van der Waals surface area contributed by atoms with Crippen LogP contribution in [-0.2, 0) is 9.63 Å². The molecule has 1 rings (SSSR count). The summed E-state index contributed by atoms with van der Waals surface area (Å²) in [5.41, 5.74) is 0.799. The highest BCUT2D eigenvalue weighted by Gasteiger charge is 2.17. The summed E-state index contributed by atoms with van der Waals surface area (Å²) < 4.78 is 0. The van der Waals surface area contributed by atoms with Crippen LogP contribution < -0.4 is 5.06 Å². The van der Waals surface area contributed by atoms with E-state index < -0.39 is 0 Å². The summed E-state index contributed by atoms with van der Waals surface area (Å²) in [7, 11) is 3.79. The second kappa shape index (κ2) is 16.6. The number of rotatable bonds is 17. The molecule has 160 valence electrons. The minimum Gasteiger partial charge on any atom is -0.301 e. The van der Waals surface area contributed by atoms with E-state index >= 15 is 0 Å². The lowest BCUT2D eigenvalue weighted by Crippen LogP contribution is -2.38. The van der Waals surface area contributed by atoms with Gasteiger partial charge in [0.1, 0.15) is 0 Å². The van der Waals surface area contributed by atoms with Crippen molar-refractivity contribution in [3.05, 3.63) is 30.3 Å². The van der Waals surface area contributed by atoms with E-state index in [4.69, 9.17) is 4.84 Å². The van der Waals surface area contributed by atoms with Crippen LogP contribution in [0.15, 0.2) is 30.3 Å². The maximum absolute atomic E-state index is 12.5. The molecule has 4 heteroatoms. The molecule has 1 aromatic rings. The summed E-state index contributed by atoms with van der Waals surface area (Å²) >= 11 is 0. The number of para-hydroxylation sites is 1. The van der Waals surface area contributed by atoms with Crippen LogP contribution in [-0.4, -0.2) is 38.1 Å². The third-order valence-corrected chi connectivity index (χ3v) is 4.89. The highest BCUT2D eigenvalue weighted by atomic mass is 16.7. The Morgan fingerprint density at radius 2 is 1.29 bits per heavy atom. The molecule has 0 heterocycles. The number of hydroxylamine groups is 1. The number of anilines is 1. The lowest BCUT2D eigenvalue weighted by atomic mass is 10.1. The standard InChI is InChI=1S/C24H42N2O2/c1-4-5-6-7-8-9-10-11-12-13-14-18-21-28-26(24(27)22-25(2)3)23-19-16-15-17-20-23/h15-17,19-20H,4-14,18,21-22H2,1-3H3. The number of amides is 1. The molecular weight excluding hydrogens is 348 g/mol. The van der Waals surface area contributed by atoms with Crippen LogP contribution >= 0.6 is 0 Å². The van der Waals surface area contributed by atoms with Crippen molar-refractivity contribution >= 4 is 11.6 Å². The molecule has 0 unspecified atom stereocenters. The molecular formula is C24H42N2O2. The first kappa shape index (κ1) is 24.6. The first-order valence-electron chi connectivity index (χ1n) is 11.3. The maximum atomic E-state index is 12.5. The molecule has 0 atom stereocenters. The minimum absolute atomic E-state index is 0.0323. The zero-order valence-electron chi connectivity index (χ0n) is 18.5. The van der Waals surface area contributed by atoms with Crippen molar-refractivity contribution in [1.29, 1.82) is 0 Å². The second-order valence-electron chi connectivity index (χ2n) is 7.98. The fraction of sp³-hybridized carbons (Fsp3) is 0.708. The number of nitrogens with zero attached hydrogens (tertiary/aromatic N) is 2. The Morgan fingerprint density at radius 1 is 0.786 bits per heavy atom. The van der Waals surface area contributed by atoms with Crippen LogP contribution in [0.4, 0.5) is 5.69 Å². The number of hydrogen-bond acceptors (Lipinski definition) is 3. The summed E-state index contributed by atoms with van der Waals surface area (Å²) in [5, 5.41) is 1.46. The highest BCUT2D eigenvalue weighted by molar-refractivity contribution is 5.92. The van der Waals surface area contributed by atoms with E-state index in [1.54, 1.807) is 0 Å². The van der Waals surface area contributed by atoms with Crippen LogP contribution in [0.5, 0.6) is 0 Å². The van der Waals surface area contributed by atoms with Crippen LogP contribution in [0.2, 0.25) is 0 Å². The molecule has 0 spiro atoms. The van der Waals surface area contributed by atoms with Gasteiger partial charge in [-0.15, -0.1) is 0 Å².